The van der Waals surface area contributed by atoms with Gasteiger partial charge in [-0.25, -0.2) is 16.8 Å². The molecule has 0 bridgehead atoms. The molecule has 2 aliphatic rings. The van der Waals surface area contributed by atoms with Gasteiger partial charge in [0.25, 0.3) is 0 Å². The normalized spacial score (nSPS) is 28.3. The van der Waals surface area contributed by atoms with Crippen molar-refractivity contribution in [2.45, 2.75) is 30.6 Å². The van der Waals surface area contributed by atoms with Gasteiger partial charge in [0, 0.05) is 6.54 Å². The number of morpholine rings is 1. The summed E-state index contributed by atoms with van der Waals surface area (Å²) in [5, 5.41) is 8.12. The lowest BCUT2D eigenvalue weighted by Crippen LogP contribution is -2.53. The molecule has 122 valence electrons. The summed E-state index contributed by atoms with van der Waals surface area (Å²) in [5.41, 5.74) is 0. The second-order valence-electron chi connectivity index (χ2n) is 5.33. The highest BCUT2D eigenvalue weighted by Crippen LogP contribution is 2.26. The molecule has 0 radical (unpaired) electrons. The van der Waals surface area contributed by atoms with Crippen LogP contribution in [0.5, 0.6) is 0 Å². The first-order valence-electron chi connectivity index (χ1n) is 6.73. The monoisotopic (exact) mass is 341 g/mol. The number of hydrogen-bond donors (Lipinski definition) is 1. The van der Waals surface area contributed by atoms with E-state index in [0.29, 0.717) is 0 Å². The molecule has 0 aromatic rings. The maximum Gasteiger partial charge on any atom is 0.305 e. The minimum absolute atomic E-state index is 0.0521. The number of hydrogen-bond acceptors (Lipinski definition) is 6. The third-order valence-electron chi connectivity index (χ3n) is 3.83. The number of carboxylic acids is 1. The van der Waals surface area contributed by atoms with Crippen molar-refractivity contribution in [2.24, 2.45) is 0 Å². The summed E-state index contributed by atoms with van der Waals surface area (Å²) in [6.45, 7) is 0.389. The van der Waals surface area contributed by atoms with Crippen LogP contribution in [0.1, 0.15) is 19.3 Å². The van der Waals surface area contributed by atoms with E-state index in [1.165, 1.54) is 4.31 Å². The van der Waals surface area contributed by atoms with Crippen molar-refractivity contribution < 1.29 is 31.5 Å². The van der Waals surface area contributed by atoms with Crippen molar-refractivity contribution in [2.75, 3.05) is 31.3 Å². The van der Waals surface area contributed by atoms with E-state index in [4.69, 9.17) is 9.84 Å². The number of rotatable bonds is 4. The summed E-state index contributed by atoms with van der Waals surface area (Å²) in [5.74, 6) is -1.35. The van der Waals surface area contributed by atoms with Crippen LogP contribution in [0.3, 0.4) is 0 Å². The molecule has 0 aliphatic carbocycles. The molecule has 21 heavy (non-hydrogen) atoms. The lowest BCUT2D eigenvalue weighted by Gasteiger charge is -2.37. The van der Waals surface area contributed by atoms with E-state index in [-0.39, 0.29) is 50.5 Å². The summed E-state index contributed by atoms with van der Waals surface area (Å²) >= 11 is 0. The van der Waals surface area contributed by atoms with Crippen molar-refractivity contribution in [1.29, 1.82) is 0 Å². The summed E-state index contributed by atoms with van der Waals surface area (Å²) in [6, 6.07) is -0.722. The lowest BCUT2D eigenvalue weighted by molar-refractivity contribution is -0.139. The Morgan fingerprint density at radius 1 is 1.29 bits per heavy atom. The topological polar surface area (TPSA) is 118 Å². The fourth-order valence-electron chi connectivity index (χ4n) is 2.69. The number of aliphatic carboxylic acids is 1. The van der Waals surface area contributed by atoms with Crippen LogP contribution in [0.25, 0.3) is 0 Å². The molecular formula is C11H19NO7S2. The number of sulfone groups is 1. The minimum Gasteiger partial charge on any atom is -0.481 e. The fraction of sp³-hybridized carbons (Fsp3) is 0.909. The summed E-state index contributed by atoms with van der Waals surface area (Å²) in [7, 11) is -6.85. The van der Waals surface area contributed by atoms with E-state index in [2.05, 4.69) is 0 Å². The molecule has 2 saturated heterocycles. The van der Waals surface area contributed by atoms with Crippen LogP contribution < -0.4 is 0 Å². The van der Waals surface area contributed by atoms with Gasteiger partial charge >= 0.3 is 5.97 Å². The Hall–Kier alpha value is -0.710. The Morgan fingerprint density at radius 2 is 1.90 bits per heavy atom. The average Bonchev–Trinajstić information content (AvgIpc) is 2.38. The second kappa shape index (κ2) is 6.19. The molecule has 1 N–H and O–H groups in total. The maximum atomic E-state index is 12.6. The number of ether oxygens (including phenoxy) is 1. The van der Waals surface area contributed by atoms with E-state index in [0.717, 1.165) is 0 Å². The molecule has 2 rings (SSSR count). The van der Waals surface area contributed by atoms with Gasteiger partial charge in [-0.15, -0.1) is 0 Å². The zero-order chi connectivity index (χ0) is 15.7. The maximum absolute atomic E-state index is 12.6. The van der Waals surface area contributed by atoms with Crippen LogP contribution >= 0.6 is 0 Å². The molecule has 1 unspecified atom stereocenters. The zero-order valence-electron chi connectivity index (χ0n) is 11.5. The summed E-state index contributed by atoms with van der Waals surface area (Å²) in [4.78, 5) is 10.8. The number of carboxylic acid groups (broad SMARTS) is 1. The van der Waals surface area contributed by atoms with Gasteiger partial charge in [0.15, 0.2) is 0 Å². The van der Waals surface area contributed by atoms with Gasteiger partial charge in [-0.05, 0) is 12.8 Å². The minimum atomic E-state index is -3.70. The molecule has 10 heteroatoms. The quantitative estimate of drug-likeness (QED) is 0.701. The summed E-state index contributed by atoms with van der Waals surface area (Å²) < 4.78 is 54.4. The molecule has 0 aromatic carbocycles. The Balaban J connectivity index is 2.15. The molecule has 1 atom stereocenters. The van der Waals surface area contributed by atoms with E-state index in [1.54, 1.807) is 0 Å². The summed E-state index contributed by atoms with van der Waals surface area (Å²) in [6.07, 6.45) is -0.173. The van der Waals surface area contributed by atoms with E-state index in [9.17, 15) is 21.6 Å². The predicted octanol–water partition coefficient (Wildman–Crippen LogP) is -0.931. The molecule has 2 fully saturated rings. The highest BCUT2D eigenvalue weighted by molar-refractivity contribution is 7.92. The standard InChI is InChI=1S/C11H19NO7S2/c13-11(14)7-9-8-19-4-3-12(9)21(17,18)10-1-5-20(15,16)6-2-10/h9-10H,1-8H2,(H,13,14). The number of nitrogens with zero attached hydrogens (tertiary/aromatic N) is 1. The second-order valence-corrected chi connectivity index (χ2v) is 9.80. The van der Waals surface area contributed by atoms with Crippen LogP contribution in [-0.2, 0) is 29.4 Å². The van der Waals surface area contributed by atoms with Crippen LogP contribution in [0.15, 0.2) is 0 Å². The molecule has 0 amide bonds. The van der Waals surface area contributed by atoms with Gasteiger partial charge in [0.2, 0.25) is 10.0 Å². The lowest BCUT2D eigenvalue weighted by atomic mass is 10.2. The van der Waals surface area contributed by atoms with Crippen LogP contribution in [0, 0.1) is 0 Å². The molecule has 0 aromatic heterocycles. The van der Waals surface area contributed by atoms with Crippen molar-refractivity contribution >= 4 is 25.8 Å². The van der Waals surface area contributed by atoms with Gasteiger partial charge in [0.05, 0.1) is 42.4 Å². The molecule has 2 heterocycles. The van der Waals surface area contributed by atoms with E-state index < -0.39 is 37.1 Å². The Kier molecular flexibility index (Phi) is 4.91. The van der Waals surface area contributed by atoms with Crippen molar-refractivity contribution in [1.82, 2.24) is 4.31 Å². The Bertz CT molecular complexity index is 584. The van der Waals surface area contributed by atoms with Crippen LogP contribution in [-0.4, -0.2) is 74.8 Å². The third kappa shape index (κ3) is 3.93. The highest BCUT2D eigenvalue weighted by Gasteiger charge is 2.41. The van der Waals surface area contributed by atoms with Crippen LogP contribution in [0.2, 0.25) is 0 Å². The first-order valence-corrected chi connectivity index (χ1v) is 10.1. The average molecular weight is 341 g/mol. The number of carbonyl (C=O) groups is 1. The SMILES string of the molecule is O=C(O)CC1COCCN1S(=O)(=O)C1CCS(=O)(=O)CC1. The van der Waals surface area contributed by atoms with Crippen LogP contribution in [0.4, 0.5) is 0 Å². The van der Waals surface area contributed by atoms with E-state index >= 15 is 0 Å². The van der Waals surface area contributed by atoms with Crippen molar-refractivity contribution in [3.05, 3.63) is 0 Å². The Labute approximate surface area is 124 Å². The van der Waals surface area contributed by atoms with Crippen molar-refractivity contribution in [3.63, 3.8) is 0 Å². The number of sulfonamides is 1. The predicted molar refractivity (Wildman–Crippen MR) is 74.2 cm³/mol. The zero-order valence-corrected chi connectivity index (χ0v) is 13.1. The van der Waals surface area contributed by atoms with Gasteiger partial charge in [-0.1, -0.05) is 0 Å². The van der Waals surface area contributed by atoms with E-state index in [1.807, 2.05) is 0 Å². The van der Waals surface area contributed by atoms with Gasteiger partial charge in [-0.2, -0.15) is 4.31 Å². The molecule has 0 saturated carbocycles. The van der Waals surface area contributed by atoms with Gasteiger partial charge in [0.1, 0.15) is 9.84 Å². The molecule has 0 spiro atoms. The largest absolute Gasteiger partial charge is 0.481 e. The van der Waals surface area contributed by atoms with Crippen molar-refractivity contribution in [3.8, 4) is 0 Å². The highest BCUT2D eigenvalue weighted by atomic mass is 32.2. The first kappa shape index (κ1) is 16.7. The first-order chi connectivity index (χ1) is 9.72. The van der Waals surface area contributed by atoms with Gasteiger partial charge < -0.3 is 9.84 Å². The smallest absolute Gasteiger partial charge is 0.305 e. The molecule has 2 aliphatic heterocycles. The molecule has 8 nitrogen and oxygen atoms in total. The molecular weight excluding hydrogens is 322 g/mol. The Morgan fingerprint density at radius 3 is 2.48 bits per heavy atom. The van der Waals surface area contributed by atoms with Gasteiger partial charge in [-0.3, -0.25) is 4.79 Å². The fourth-order valence-corrected chi connectivity index (χ4v) is 6.58. The third-order valence-corrected chi connectivity index (χ3v) is 8.00.